The number of benzene rings is 1. The Labute approximate surface area is 245 Å². The Morgan fingerprint density at radius 2 is 1.86 bits per heavy atom. The molecule has 42 heavy (non-hydrogen) atoms. The number of Topliss-reactive ketones (excluding diaryl/α,β-unsaturated/α-hetero) is 1. The Morgan fingerprint density at radius 3 is 2.55 bits per heavy atom. The molecule has 0 saturated heterocycles. The van der Waals surface area contributed by atoms with Crippen molar-refractivity contribution in [2.75, 3.05) is 13.2 Å². The number of aliphatic carboxylic acids is 1. The van der Waals surface area contributed by atoms with Crippen LogP contribution in [-0.2, 0) is 25.6 Å². The molecule has 228 valence electrons. The highest BCUT2D eigenvalue weighted by Crippen LogP contribution is 2.67. The maximum Gasteiger partial charge on any atom is 0.326 e. The number of hydrogen-bond acceptors (Lipinski definition) is 8. The van der Waals surface area contributed by atoms with E-state index in [-0.39, 0.29) is 29.6 Å². The van der Waals surface area contributed by atoms with E-state index in [2.05, 4.69) is 17.4 Å². The van der Waals surface area contributed by atoms with Crippen LogP contribution < -0.4 is 5.32 Å². The van der Waals surface area contributed by atoms with Gasteiger partial charge in [0, 0.05) is 11.8 Å². The molecule has 5 N–H and O–H groups in total. The number of carboxylic acid groups (broad SMARTS) is 1. The van der Waals surface area contributed by atoms with E-state index < -0.39 is 54.0 Å². The van der Waals surface area contributed by atoms with Gasteiger partial charge in [0.25, 0.3) is 5.91 Å². The molecule has 3 fully saturated rings. The summed E-state index contributed by atoms with van der Waals surface area (Å²) in [6, 6.07) is 7.99. The number of nitrogens with one attached hydrogen (secondary N) is 1. The fourth-order valence-electron chi connectivity index (χ4n) is 8.82. The number of aliphatic hydroxyl groups excluding tert-OH is 2. The van der Waals surface area contributed by atoms with Gasteiger partial charge in [-0.25, -0.2) is 4.79 Å². The minimum absolute atomic E-state index is 0.0204. The van der Waals surface area contributed by atoms with Gasteiger partial charge in [0.2, 0.25) is 0 Å². The molecule has 0 spiro atoms. The largest absolute Gasteiger partial charge is 0.480 e. The fraction of sp³-hybridized carbons (Fsp3) is 0.625. The van der Waals surface area contributed by atoms with Crippen LogP contribution in [0.1, 0.15) is 64.4 Å². The highest BCUT2D eigenvalue weighted by atomic mass is 16.6. The minimum Gasteiger partial charge on any atom is -0.480 e. The quantitative estimate of drug-likeness (QED) is 0.277. The van der Waals surface area contributed by atoms with Crippen LogP contribution in [0, 0.1) is 28.6 Å². The molecule has 4 aliphatic carbocycles. The molecule has 10 heteroatoms. The Morgan fingerprint density at radius 1 is 1.12 bits per heavy atom. The Hall–Kier alpha value is -3.08. The molecule has 3 saturated carbocycles. The van der Waals surface area contributed by atoms with Crippen molar-refractivity contribution in [2.45, 2.75) is 83.0 Å². The molecule has 0 aliphatic heterocycles. The molecule has 8 unspecified atom stereocenters. The number of amides is 1. The lowest BCUT2D eigenvalue weighted by molar-refractivity contribution is -0.181. The molecular weight excluding hydrogens is 540 g/mol. The second kappa shape index (κ2) is 11.5. The highest BCUT2D eigenvalue weighted by molar-refractivity contribution is 5.96. The molecule has 1 aromatic carbocycles. The number of fused-ring (bicyclic) bond motifs is 5. The van der Waals surface area contributed by atoms with Gasteiger partial charge >= 0.3 is 5.97 Å². The summed E-state index contributed by atoms with van der Waals surface area (Å²) in [6.45, 7) is 2.99. The average molecular weight is 583 g/mol. The molecule has 4 aliphatic rings. The Bertz CT molecular complexity index is 1280. The summed E-state index contributed by atoms with van der Waals surface area (Å²) in [5.41, 5.74) is 0.0184. The summed E-state index contributed by atoms with van der Waals surface area (Å²) in [4.78, 5) is 42.0. The van der Waals surface area contributed by atoms with Gasteiger partial charge in [-0.1, -0.05) is 54.9 Å². The lowest BCUT2D eigenvalue weighted by Crippen LogP contribution is -2.62. The third-order valence-corrected chi connectivity index (χ3v) is 11.0. The lowest BCUT2D eigenvalue weighted by atomic mass is 9.45. The van der Waals surface area contributed by atoms with E-state index in [9.17, 15) is 34.8 Å². The van der Waals surface area contributed by atoms with Crippen molar-refractivity contribution in [1.29, 1.82) is 0 Å². The van der Waals surface area contributed by atoms with Gasteiger partial charge in [0.05, 0.1) is 11.8 Å². The second-order valence-corrected chi connectivity index (χ2v) is 13.1. The van der Waals surface area contributed by atoms with Crippen molar-refractivity contribution in [3.63, 3.8) is 0 Å². The number of carbonyl (C=O) groups is 3. The first-order valence-electron chi connectivity index (χ1n) is 14.9. The van der Waals surface area contributed by atoms with E-state index in [0.29, 0.717) is 31.4 Å². The number of nitrogens with zero attached hydrogens (tertiary/aromatic N) is 1. The summed E-state index contributed by atoms with van der Waals surface area (Å²) in [6.07, 6.45) is 5.74. The first-order chi connectivity index (χ1) is 19.9. The number of aliphatic hydroxyl groups is 3. The standard InChI is InChI=1S/C32H42N2O8/c1-30-12-10-21(34-42-18-27(38)33-24(29(39)40)14-19-6-4-3-5-7-19)15-20(30)8-9-22-23-11-13-32(41,26(37)17-35)31(23,2)16-25(36)28(22)30/h3-7,15,22-25,28,35-36,41H,8-14,16-18H2,1-2H3,(H,33,38)(H,39,40). The van der Waals surface area contributed by atoms with Gasteiger partial charge in [0.1, 0.15) is 18.2 Å². The van der Waals surface area contributed by atoms with Crippen molar-refractivity contribution in [3.05, 3.63) is 47.5 Å². The van der Waals surface area contributed by atoms with Crippen LogP contribution in [0.4, 0.5) is 0 Å². The smallest absolute Gasteiger partial charge is 0.326 e. The van der Waals surface area contributed by atoms with Crippen molar-refractivity contribution in [3.8, 4) is 0 Å². The fourth-order valence-corrected chi connectivity index (χ4v) is 8.82. The molecule has 5 rings (SSSR count). The number of allylic oxidation sites excluding steroid dienone is 2. The number of hydrogen-bond donors (Lipinski definition) is 5. The topological polar surface area (TPSA) is 166 Å². The van der Waals surface area contributed by atoms with E-state index in [1.165, 1.54) is 5.57 Å². The molecule has 1 aromatic rings. The van der Waals surface area contributed by atoms with Gasteiger partial charge in [-0.3, -0.25) is 9.59 Å². The van der Waals surface area contributed by atoms with Crippen LogP contribution in [0.5, 0.6) is 0 Å². The van der Waals surface area contributed by atoms with E-state index in [0.717, 1.165) is 24.8 Å². The number of carboxylic acids is 1. The number of oxime groups is 1. The average Bonchev–Trinajstić information content (AvgIpc) is 3.23. The molecule has 1 amide bonds. The Balaban J connectivity index is 1.23. The number of carbonyl (C=O) groups excluding carboxylic acids is 2. The van der Waals surface area contributed by atoms with E-state index in [1.807, 2.05) is 31.2 Å². The Kier molecular flexibility index (Phi) is 8.35. The van der Waals surface area contributed by atoms with Crippen LogP contribution in [-0.4, -0.2) is 74.8 Å². The van der Waals surface area contributed by atoms with Gasteiger partial charge in [-0.15, -0.1) is 0 Å². The summed E-state index contributed by atoms with van der Waals surface area (Å²) in [5, 5.41) is 48.7. The van der Waals surface area contributed by atoms with Crippen molar-refractivity contribution >= 4 is 23.4 Å². The van der Waals surface area contributed by atoms with Gasteiger partial charge in [-0.2, -0.15) is 0 Å². The summed E-state index contributed by atoms with van der Waals surface area (Å²) in [7, 11) is 0. The lowest BCUT2D eigenvalue weighted by Gasteiger charge is -2.60. The first-order valence-corrected chi connectivity index (χ1v) is 14.9. The van der Waals surface area contributed by atoms with E-state index in [4.69, 9.17) is 4.84 Å². The number of ketones is 1. The van der Waals surface area contributed by atoms with Crippen molar-refractivity contribution in [1.82, 2.24) is 5.32 Å². The highest BCUT2D eigenvalue weighted by Gasteiger charge is 2.68. The first kappa shape index (κ1) is 30.4. The minimum atomic E-state index is -1.61. The SMILES string of the molecule is CC12CCC(=NOCC(=O)NC(Cc3ccccc3)C(=O)O)C=C1CCC1C2C(O)CC2(C)C1CCC2(O)C(=O)CO. The van der Waals surface area contributed by atoms with Gasteiger partial charge in [-0.05, 0) is 79.8 Å². The third kappa shape index (κ3) is 5.18. The molecule has 0 radical (unpaired) electrons. The maximum atomic E-state index is 12.6. The molecule has 0 bridgehead atoms. The predicted octanol–water partition coefficient (Wildman–Crippen LogP) is 2.40. The normalized spacial score (nSPS) is 37.1. The second-order valence-electron chi connectivity index (χ2n) is 13.1. The summed E-state index contributed by atoms with van der Waals surface area (Å²) >= 11 is 0. The zero-order valence-electron chi connectivity index (χ0n) is 24.3. The zero-order valence-corrected chi connectivity index (χ0v) is 24.3. The van der Waals surface area contributed by atoms with Crippen molar-refractivity contribution < 1.29 is 39.6 Å². The van der Waals surface area contributed by atoms with Crippen LogP contribution >= 0.6 is 0 Å². The maximum absolute atomic E-state index is 12.6. The molecule has 0 heterocycles. The number of rotatable bonds is 9. The molecular formula is C32H42N2O8. The monoisotopic (exact) mass is 582 g/mol. The third-order valence-electron chi connectivity index (χ3n) is 11.0. The van der Waals surface area contributed by atoms with Crippen LogP contribution in [0.2, 0.25) is 0 Å². The predicted molar refractivity (Wildman–Crippen MR) is 153 cm³/mol. The molecule has 8 atom stereocenters. The van der Waals surface area contributed by atoms with Crippen LogP contribution in [0.15, 0.2) is 47.1 Å². The van der Waals surface area contributed by atoms with E-state index >= 15 is 0 Å². The molecule has 0 aromatic heterocycles. The van der Waals surface area contributed by atoms with Crippen molar-refractivity contribution in [2.24, 2.45) is 33.7 Å². The van der Waals surface area contributed by atoms with Crippen LogP contribution in [0.3, 0.4) is 0 Å². The van der Waals surface area contributed by atoms with Gasteiger partial charge in [0.15, 0.2) is 12.4 Å². The van der Waals surface area contributed by atoms with Gasteiger partial charge < -0.3 is 30.6 Å². The zero-order chi connectivity index (χ0) is 30.3. The summed E-state index contributed by atoms with van der Waals surface area (Å²) < 4.78 is 0. The van der Waals surface area contributed by atoms with E-state index in [1.54, 1.807) is 12.1 Å². The van der Waals surface area contributed by atoms with Crippen LogP contribution in [0.25, 0.3) is 0 Å². The molecule has 10 nitrogen and oxygen atoms in total. The summed E-state index contributed by atoms with van der Waals surface area (Å²) in [5.74, 6) is -2.04.